The molecule has 1 heterocycles. The fourth-order valence-corrected chi connectivity index (χ4v) is 1.57. The van der Waals surface area contributed by atoms with Crippen molar-refractivity contribution in [3.05, 3.63) is 53.3 Å². The molecule has 0 aliphatic rings. The van der Waals surface area contributed by atoms with Crippen LogP contribution in [0.1, 0.15) is 16.8 Å². The second-order valence-electron chi connectivity index (χ2n) is 3.57. The highest BCUT2D eigenvalue weighted by Crippen LogP contribution is 2.07. The SMILES string of the molecule is Cc1cccc(CCc2ccn[nH]2)c1. The van der Waals surface area contributed by atoms with Crippen LogP contribution in [-0.4, -0.2) is 10.2 Å². The molecule has 0 bridgehead atoms. The third-order valence-electron chi connectivity index (χ3n) is 2.32. The smallest absolute Gasteiger partial charge is 0.0490 e. The summed E-state index contributed by atoms with van der Waals surface area (Å²) in [5.74, 6) is 0. The molecule has 0 amide bonds. The third-order valence-corrected chi connectivity index (χ3v) is 2.32. The molecule has 2 nitrogen and oxygen atoms in total. The number of aromatic nitrogens is 2. The number of hydrogen-bond donors (Lipinski definition) is 1. The lowest BCUT2D eigenvalue weighted by Crippen LogP contribution is -1.91. The molecule has 1 aromatic heterocycles. The van der Waals surface area contributed by atoms with E-state index in [2.05, 4.69) is 41.4 Å². The standard InChI is InChI=1S/C12H14N2/c1-10-3-2-4-11(9-10)5-6-12-7-8-13-14-12/h2-4,7-9H,5-6H2,1H3,(H,13,14). The van der Waals surface area contributed by atoms with Gasteiger partial charge in [0.05, 0.1) is 0 Å². The van der Waals surface area contributed by atoms with Gasteiger partial charge in [-0.2, -0.15) is 5.10 Å². The van der Waals surface area contributed by atoms with Gasteiger partial charge in [-0.1, -0.05) is 29.8 Å². The number of nitrogens with zero attached hydrogens (tertiary/aromatic N) is 1. The van der Waals surface area contributed by atoms with Crippen molar-refractivity contribution in [3.8, 4) is 0 Å². The number of hydrogen-bond acceptors (Lipinski definition) is 1. The van der Waals surface area contributed by atoms with Crippen LogP contribution in [0.25, 0.3) is 0 Å². The number of aromatic amines is 1. The molecular formula is C12H14N2. The largest absolute Gasteiger partial charge is 0.283 e. The minimum Gasteiger partial charge on any atom is -0.283 e. The topological polar surface area (TPSA) is 28.7 Å². The zero-order valence-electron chi connectivity index (χ0n) is 8.33. The zero-order valence-corrected chi connectivity index (χ0v) is 8.33. The highest BCUT2D eigenvalue weighted by atomic mass is 15.1. The Labute approximate surface area is 84.0 Å². The molecule has 0 radical (unpaired) electrons. The summed E-state index contributed by atoms with van der Waals surface area (Å²) in [5.41, 5.74) is 3.92. The van der Waals surface area contributed by atoms with Gasteiger partial charge in [0.25, 0.3) is 0 Å². The molecule has 0 aliphatic heterocycles. The molecule has 0 atom stereocenters. The summed E-state index contributed by atoms with van der Waals surface area (Å²) < 4.78 is 0. The second kappa shape index (κ2) is 4.09. The first-order valence-electron chi connectivity index (χ1n) is 4.88. The summed E-state index contributed by atoms with van der Waals surface area (Å²) in [6.07, 6.45) is 3.90. The van der Waals surface area contributed by atoms with Crippen LogP contribution in [0.5, 0.6) is 0 Å². The summed E-state index contributed by atoms with van der Waals surface area (Å²) in [6, 6.07) is 10.7. The first-order valence-corrected chi connectivity index (χ1v) is 4.88. The van der Waals surface area contributed by atoms with Crippen molar-refractivity contribution in [1.29, 1.82) is 0 Å². The van der Waals surface area contributed by atoms with Gasteiger partial charge >= 0.3 is 0 Å². The summed E-state index contributed by atoms with van der Waals surface area (Å²) in [7, 11) is 0. The first kappa shape index (κ1) is 9.00. The summed E-state index contributed by atoms with van der Waals surface area (Å²) in [6.45, 7) is 2.12. The van der Waals surface area contributed by atoms with E-state index in [1.807, 2.05) is 6.07 Å². The van der Waals surface area contributed by atoms with Gasteiger partial charge in [-0.05, 0) is 31.4 Å². The van der Waals surface area contributed by atoms with Crippen LogP contribution < -0.4 is 0 Å². The number of H-pyrrole nitrogens is 1. The van der Waals surface area contributed by atoms with E-state index in [0.717, 1.165) is 12.8 Å². The van der Waals surface area contributed by atoms with Gasteiger partial charge < -0.3 is 0 Å². The highest BCUT2D eigenvalue weighted by molar-refractivity contribution is 5.22. The average molecular weight is 186 g/mol. The molecule has 0 unspecified atom stereocenters. The second-order valence-corrected chi connectivity index (χ2v) is 3.57. The summed E-state index contributed by atoms with van der Waals surface area (Å²) >= 11 is 0. The minimum atomic E-state index is 1.03. The molecule has 2 rings (SSSR count). The Balaban J connectivity index is 1.98. The summed E-state index contributed by atoms with van der Waals surface area (Å²) in [4.78, 5) is 0. The molecule has 0 fully saturated rings. The Morgan fingerprint density at radius 2 is 2.14 bits per heavy atom. The fraction of sp³-hybridized carbons (Fsp3) is 0.250. The lowest BCUT2D eigenvalue weighted by atomic mass is 10.1. The monoisotopic (exact) mass is 186 g/mol. The molecule has 14 heavy (non-hydrogen) atoms. The van der Waals surface area contributed by atoms with E-state index in [4.69, 9.17) is 0 Å². The van der Waals surface area contributed by atoms with E-state index in [1.165, 1.54) is 16.8 Å². The third kappa shape index (κ3) is 2.22. The Hall–Kier alpha value is -1.57. The minimum absolute atomic E-state index is 1.03. The maximum Gasteiger partial charge on any atom is 0.0490 e. The predicted molar refractivity (Wildman–Crippen MR) is 57.2 cm³/mol. The fourth-order valence-electron chi connectivity index (χ4n) is 1.57. The van der Waals surface area contributed by atoms with Crippen LogP contribution in [0.4, 0.5) is 0 Å². The van der Waals surface area contributed by atoms with E-state index in [1.54, 1.807) is 6.20 Å². The van der Waals surface area contributed by atoms with Crippen LogP contribution in [0.2, 0.25) is 0 Å². The van der Waals surface area contributed by atoms with Crippen molar-refractivity contribution in [1.82, 2.24) is 10.2 Å². The quantitative estimate of drug-likeness (QED) is 0.783. The highest BCUT2D eigenvalue weighted by Gasteiger charge is 1.96. The normalized spacial score (nSPS) is 10.4. The van der Waals surface area contributed by atoms with Crippen molar-refractivity contribution in [2.24, 2.45) is 0 Å². The van der Waals surface area contributed by atoms with Crippen LogP contribution in [-0.2, 0) is 12.8 Å². The van der Waals surface area contributed by atoms with Crippen LogP contribution in [0, 0.1) is 6.92 Å². The number of rotatable bonds is 3. The Morgan fingerprint density at radius 1 is 1.21 bits per heavy atom. The average Bonchev–Trinajstić information content (AvgIpc) is 2.67. The molecule has 0 saturated heterocycles. The van der Waals surface area contributed by atoms with Gasteiger partial charge in [-0.15, -0.1) is 0 Å². The van der Waals surface area contributed by atoms with E-state index in [-0.39, 0.29) is 0 Å². The van der Waals surface area contributed by atoms with Crippen LogP contribution >= 0.6 is 0 Å². The van der Waals surface area contributed by atoms with E-state index in [9.17, 15) is 0 Å². The van der Waals surface area contributed by atoms with Gasteiger partial charge in [-0.25, -0.2) is 0 Å². The first-order chi connectivity index (χ1) is 6.84. The molecule has 2 heteroatoms. The van der Waals surface area contributed by atoms with Crippen molar-refractivity contribution in [2.45, 2.75) is 19.8 Å². The molecule has 72 valence electrons. The van der Waals surface area contributed by atoms with Gasteiger partial charge in [0.1, 0.15) is 0 Å². The Morgan fingerprint density at radius 3 is 2.86 bits per heavy atom. The van der Waals surface area contributed by atoms with Crippen molar-refractivity contribution in [3.63, 3.8) is 0 Å². The maximum atomic E-state index is 3.93. The van der Waals surface area contributed by atoms with Crippen molar-refractivity contribution >= 4 is 0 Å². The lowest BCUT2D eigenvalue weighted by Gasteiger charge is -2.00. The van der Waals surface area contributed by atoms with Gasteiger partial charge in [0.2, 0.25) is 0 Å². The van der Waals surface area contributed by atoms with E-state index >= 15 is 0 Å². The van der Waals surface area contributed by atoms with Crippen molar-refractivity contribution < 1.29 is 0 Å². The molecule has 0 aliphatic carbocycles. The molecule has 0 spiro atoms. The number of aryl methyl sites for hydroxylation is 3. The predicted octanol–water partition coefficient (Wildman–Crippen LogP) is 2.50. The Kier molecular flexibility index (Phi) is 2.63. The van der Waals surface area contributed by atoms with Crippen molar-refractivity contribution in [2.75, 3.05) is 0 Å². The number of nitrogens with one attached hydrogen (secondary N) is 1. The van der Waals surface area contributed by atoms with Gasteiger partial charge in [0, 0.05) is 11.9 Å². The molecular weight excluding hydrogens is 172 g/mol. The molecule has 1 aromatic carbocycles. The molecule has 1 N–H and O–H groups in total. The Bertz CT molecular complexity index is 390. The van der Waals surface area contributed by atoms with Gasteiger partial charge in [-0.3, -0.25) is 5.10 Å². The van der Waals surface area contributed by atoms with Crippen LogP contribution in [0.15, 0.2) is 36.5 Å². The maximum absolute atomic E-state index is 3.93. The summed E-state index contributed by atoms with van der Waals surface area (Å²) in [5, 5.41) is 6.90. The molecule has 2 aromatic rings. The van der Waals surface area contributed by atoms with E-state index < -0.39 is 0 Å². The number of benzene rings is 1. The zero-order chi connectivity index (χ0) is 9.80. The van der Waals surface area contributed by atoms with E-state index in [0.29, 0.717) is 0 Å². The van der Waals surface area contributed by atoms with Gasteiger partial charge in [0.15, 0.2) is 0 Å². The van der Waals surface area contributed by atoms with Crippen LogP contribution in [0.3, 0.4) is 0 Å². The lowest BCUT2D eigenvalue weighted by molar-refractivity contribution is 0.892. The molecule has 0 saturated carbocycles.